The number of nitrogens with zero attached hydrogens (tertiary/aromatic N) is 2. The van der Waals surface area contributed by atoms with Gasteiger partial charge in [-0.2, -0.15) is 0 Å². The second-order valence-corrected chi connectivity index (χ2v) is 6.35. The zero-order valence-electron chi connectivity index (χ0n) is 12.7. The van der Waals surface area contributed by atoms with Crippen molar-refractivity contribution in [2.75, 3.05) is 39.3 Å². The molecule has 5 heteroatoms. The van der Waals surface area contributed by atoms with Gasteiger partial charge < -0.3 is 15.1 Å². The lowest BCUT2D eigenvalue weighted by molar-refractivity contribution is -0.142. The summed E-state index contributed by atoms with van der Waals surface area (Å²) in [5.41, 5.74) is 0. The van der Waals surface area contributed by atoms with Crippen molar-refractivity contribution in [3.8, 4) is 0 Å². The van der Waals surface area contributed by atoms with Crippen LogP contribution in [-0.2, 0) is 9.59 Å². The Balaban J connectivity index is 1.78. The standard InChI is InChI=1S/C15H27N3O2/c1-12(2)10-14(19)17-6-8-18(9-7-17)15(20)13-4-3-5-16-11-13/h12-13,16H,3-11H2,1-2H3/t13-/m0/s1. The molecule has 0 aromatic rings. The van der Waals surface area contributed by atoms with Gasteiger partial charge in [-0.3, -0.25) is 9.59 Å². The third-order valence-electron chi connectivity index (χ3n) is 4.17. The van der Waals surface area contributed by atoms with Crippen molar-refractivity contribution in [2.45, 2.75) is 33.1 Å². The lowest BCUT2D eigenvalue weighted by Gasteiger charge is -2.37. The van der Waals surface area contributed by atoms with E-state index in [1.54, 1.807) is 0 Å². The quantitative estimate of drug-likeness (QED) is 0.828. The molecule has 2 amide bonds. The first-order valence-electron chi connectivity index (χ1n) is 7.85. The molecule has 0 saturated carbocycles. The largest absolute Gasteiger partial charge is 0.339 e. The first-order valence-corrected chi connectivity index (χ1v) is 7.85. The fraction of sp³-hybridized carbons (Fsp3) is 0.867. The van der Waals surface area contributed by atoms with E-state index in [4.69, 9.17) is 0 Å². The molecule has 0 unspecified atom stereocenters. The molecule has 0 bridgehead atoms. The summed E-state index contributed by atoms with van der Waals surface area (Å²) in [6.07, 6.45) is 2.70. The molecule has 2 heterocycles. The highest BCUT2D eigenvalue weighted by Crippen LogP contribution is 2.15. The second-order valence-electron chi connectivity index (χ2n) is 6.35. The van der Waals surface area contributed by atoms with E-state index in [0.29, 0.717) is 38.5 Å². The van der Waals surface area contributed by atoms with E-state index in [1.807, 2.05) is 9.80 Å². The van der Waals surface area contributed by atoms with Gasteiger partial charge in [0.1, 0.15) is 0 Å². The van der Waals surface area contributed by atoms with E-state index in [-0.39, 0.29) is 17.7 Å². The van der Waals surface area contributed by atoms with Gasteiger partial charge in [0.2, 0.25) is 11.8 Å². The van der Waals surface area contributed by atoms with E-state index >= 15 is 0 Å². The van der Waals surface area contributed by atoms with Gasteiger partial charge in [-0.1, -0.05) is 13.8 Å². The SMILES string of the molecule is CC(C)CC(=O)N1CCN(C(=O)[C@H]2CCCNC2)CC1. The Morgan fingerprint density at radius 2 is 1.80 bits per heavy atom. The fourth-order valence-corrected chi connectivity index (χ4v) is 2.98. The Bertz CT molecular complexity index is 343. The highest BCUT2D eigenvalue weighted by Gasteiger charge is 2.29. The van der Waals surface area contributed by atoms with Crippen molar-refractivity contribution >= 4 is 11.8 Å². The minimum Gasteiger partial charge on any atom is -0.339 e. The lowest BCUT2D eigenvalue weighted by atomic mass is 9.98. The summed E-state index contributed by atoms with van der Waals surface area (Å²) in [4.78, 5) is 28.2. The molecule has 5 nitrogen and oxygen atoms in total. The van der Waals surface area contributed by atoms with Crippen LogP contribution in [0, 0.1) is 11.8 Å². The molecule has 0 aromatic heterocycles. The molecule has 0 radical (unpaired) electrons. The monoisotopic (exact) mass is 281 g/mol. The Morgan fingerprint density at radius 3 is 2.35 bits per heavy atom. The summed E-state index contributed by atoms with van der Waals surface area (Å²) >= 11 is 0. The molecule has 0 spiro atoms. The van der Waals surface area contributed by atoms with Gasteiger partial charge in [-0.25, -0.2) is 0 Å². The molecule has 20 heavy (non-hydrogen) atoms. The van der Waals surface area contributed by atoms with Gasteiger partial charge in [0.05, 0.1) is 5.92 Å². The number of hydrogen-bond acceptors (Lipinski definition) is 3. The number of hydrogen-bond donors (Lipinski definition) is 1. The number of piperazine rings is 1. The maximum absolute atomic E-state index is 12.4. The normalized spacial score (nSPS) is 24.1. The third kappa shape index (κ3) is 3.95. The highest BCUT2D eigenvalue weighted by atomic mass is 16.2. The first-order chi connectivity index (χ1) is 9.58. The summed E-state index contributed by atoms with van der Waals surface area (Å²) in [5, 5.41) is 3.29. The van der Waals surface area contributed by atoms with Gasteiger partial charge in [0, 0.05) is 39.1 Å². The van der Waals surface area contributed by atoms with Crippen LogP contribution >= 0.6 is 0 Å². The van der Waals surface area contributed by atoms with Gasteiger partial charge in [-0.05, 0) is 25.3 Å². The maximum atomic E-state index is 12.4. The molecule has 2 rings (SSSR count). The number of rotatable bonds is 3. The summed E-state index contributed by atoms with van der Waals surface area (Å²) in [6.45, 7) is 8.74. The molecule has 1 atom stereocenters. The lowest BCUT2D eigenvalue weighted by Crippen LogP contribution is -2.53. The van der Waals surface area contributed by atoms with E-state index in [2.05, 4.69) is 19.2 Å². The maximum Gasteiger partial charge on any atom is 0.227 e. The molecule has 2 saturated heterocycles. The predicted octanol–water partition coefficient (Wildman–Crippen LogP) is 0.703. The van der Waals surface area contributed by atoms with Crippen molar-refractivity contribution in [1.82, 2.24) is 15.1 Å². The predicted molar refractivity (Wildman–Crippen MR) is 78.2 cm³/mol. The molecule has 2 aliphatic rings. The van der Waals surface area contributed by atoms with Crippen molar-refractivity contribution in [2.24, 2.45) is 11.8 Å². The first kappa shape index (κ1) is 15.3. The van der Waals surface area contributed by atoms with Gasteiger partial charge in [0.25, 0.3) is 0 Å². The number of nitrogens with one attached hydrogen (secondary N) is 1. The van der Waals surface area contributed by atoms with E-state index < -0.39 is 0 Å². The zero-order chi connectivity index (χ0) is 14.5. The van der Waals surface area contributed by atoms with Crippen LogP contribution in [0.5, 0.6) is 0 Å². The van der Waals surface area contributed by atoms with Crippen LogP contribution in [0.4, 0.5) is 0 Å². The Kier molecular flexibility index (Phi) is 5.40. The van der Waals surface area contributed by atoms with Crippen LogP contribution < -0.4 is 5.32 Å². The minimum atomic E-state index is 0.140. The molecular formula is C15H27N3O2. The van der Waals surface area contributed by atoms with Crippen LogP contribution in [0.25, 0.3) is 0 Å². The topological polar surface area (TPSA) is 52.7 Å². The molecule has 0 aromatic carbocycles. The van der Waals surface area contributed by atoms with Crippen molar-refractivity contribution in [3.63, 3.8) is 0 Å². The van der Waals surface area contributed by atoms with Crippen molar-refractivity contribution in [1.29, 1.82) is 0 Å². The Labute approximate surface area is 121 Å². The minimum absolute atomic E-state index is 0.140. The van der Waals surface area contributed by atoms with Crippen molar-refractivity contribution in [3.05, 3.63) is 0 Å². The highest BCUT2D eigenvalue weighted by molar-refractivity contribution is 5.80. The summed E-state index contributed by atoms with van der Waals surface area (Å²) < 4.78 is 0. The zero-order valence-corrected chi connectivity index (χ0v) is 12.7. The third-order valence-corrected chi connectivity index (χ3v) is 4.17. The van der Waals surface area contributed by atoms with Gasteiger partial charge in [-0.15, -0.1) is 0 Å². The average molecular weight is 281 g/mol. The average Bonchev–Trinajstić information content (AvgIpc) is 2.47. The Hall–Kier alpha value is -1.10. The van der Waals surface area contributed by atoms with Crippen molar-refractivity contribution < 1.29 is 9.59 Å². The molecule has 0 aliphatic carbocycles. The fourth-order valence-electron chi connectivity index (χ4n) is 2.98. The van der Waals surface area contributed by atoms with E-state index in [0.717, 1.165) is 25.9 Å². The van der Waals surface area contributed by atoms with Crippen LogP contribution in [0.15, 0.2) is 0 Å². The smallest absolute Gasteiger partial charge is 0.227 e. The van der Waals surface area contributed by atoms with Crippen LogP contribution in [0.2, 0.25) is 0 Å². The number of carbonyl (C=O) groups is 2. The summed E-state index contributed by atoms with van der Waals surface area (Å²) in [5.74, 6) is 1.04. The molecule has 1 N–H and O–H groups in total. The summed E-state index contributed by atoms with van der Waals surface area (Å²) in [7, 11) is 0. The Morgan fingerprint density at radius 1 is 1.15 bits per heavy atom. The van der Waals surface area contributed by atoms with E-state index in [9.17, 15) is 9.59 Å². The molecule has 2 fully saturated rings. The summed E-state index contributed by atoms with van der Waals surface area (Å²) in [6, 6.07) is 0. The van der Waals surface area contributed by atoms with Gasteiger partial charge >= 0.3 is 0 Å². The number of carbonyl (C=O) groups excluding carboxylic acids is 2. The number of amides is 2. The van der Waals surface area contributed by atoms with E-state index in [1.165, 1.54) is 0 Å². The van der Waals surface area contributed by atoms with Crippen LogP contribution in [0.3, 0.4) is 0 Å². The molecule has 114 valence electrons. The molecular weight excluding hydrogens is 254 g/mol. The second kappa shape index (κ2) is 7.07. The number of piperidine rings is 1. The molecule has 2 aliphatic heterocycles. The van der Waals surface area contributed by atoms with Gasteiger partial charge in [0.15, 0.2) is 0 Å². The van der Waals surface area contributed by atoms with Crippen LogP contribution in [-0.4, -0.2) is 60.9 Å². The van der Waals surface area contributed by atoms with Crippen LogP contribution in [0.1, 0.15) is 33.1 Å².